The number of halogens is 6. The number of fused-ring (bicyclic) bond motifs is 1. The topological polar surface area (TPSA) is 148 Å². The molecule has 3 fully saturated rings. The van der Waals surface area contributed by atoms with E-state index in [9.17, 15) is 35.9 Å². The number of likely N-dealkylation sites (tertiary alicyclic amines) is 1. The first-order chi connectivity index (χ1) is 20.5. The Labute approximate surface area is 248 Å². The number of ether oxygens (including phenoxy) is 1. The molecule has 5 rings (SSSR count). The molecule has 44 heavy (non-hydrogen) atoms. The van der Waals surface area contributed by atoms with Gasteiger partial charge in [-0.25, -0.2) is 36.3 Å². The summed E-state index contributed by atoms with van der Waals surface area (Å²) in [6, 6.07) is 0.817. The SMILES string of the molecule is CC(=N)C(=N)C(=O)N[C@H](c1nc2nc([C@@H]3CC(F)(F)CCN3C(=O)[C@@H]3CCC(F)(F)CO3)ccc2[nH]1)C1CCC(F)(F)CC1. The number of imidazole rings is 1. The van der Waals surface area contributed by atoms with Gasteiger partial charge in [0.25, 0.3) is 23.7 Å². The number of pyridine rings is 1. The zero-order valence-electron chi connectivity index (χ0n) is 23.9. The number of alkyl halides is 6. The molecule has 0 spiro atoms. The van der Waals surface area contributed by atoms with Crippen molar-refractivity contribution >= 4 is 34.4 Å². The number of carbonyl (C=O) groups excluding carboxylic acids is 2. The Morgan fingerprint density at radius 1 is 1.00 bits per heavy atom. The Balaban J connectivity index is 1.44. The molecule has 2 amide bonds. The highest BCUT2D eigenvalue weighted by Gasteiger charge is 2.47. The van der Waals surface area contributed by atoms with Crippen LogP contribution in [0.5, 0.6) is 0 Å². The quantitative estimate of drug-likeness (QED) is 0.248. The van der Waals surface area contributed by atoms with Crippen LogP contribution in [-0.4, -0.2) is 80.1 Å². The van der Waals surface area contributed by atoms with Crippen molar-refractivity contribution in [2.24, 2.45) is 5.92 Å². The predicted octanol–water partition coefficient (Wildman–Crippen LogP) is 5.11. The lowest BCUT2D eigenvalue weighted by atomic mass is 9.81. The monoisotopic (exact) mass is 629 g/mol. The van der Waals surface area contributed by atoms with E-state index in [1.54, 1.807) is 0 Å². The van der Waals surface area contributed by atoms with E-state index in [1.807, 2.05) is 0 Å². The Hall–Kier alpha value is -3.56. The molecule has 2 aliphatic heterocycles. The first-order valence-electron chi connectivity index (χ1n) is 14.4. The highest BCUT2D eigenvalue weighted by Crippen LogP contribution is 2.43. The van der Waals surface area contributed by atoms with Crippen molar-refractivity contribution in [3.8, 4) is 0 Å². The van der Waals surface area contributed by atoms with Gasteiger partial charge in [0, 0.05) is 38.6 Å². The molecule has 10 nitrogen and oxygen atoms in total. The van der Waals surface area contributed by atoms with E-state index in [0.717, 1.165) is 0 Å². The lowest BCUT2D eigenvalue weighted by Gasteiger charge is -2.41. The first kappa shape index (κ1) is 31.9. The van der Waals surface area contributed by atoms with Crippen LogP contribution in [0.2, 0.25) is 0 Å². The van der Waals surface area contributed by atoms with Crippen LogP contribution < -0.4 is 5.32 Å². The molecule has 2 aromatic heterocycles. The third-order valence-electron chi connectivity index (χ3n) is 8.56. The first-order valence-corrected chi connectivity index (χ1v) is 14.4. The molecule has 1 aliphatic carbocycles. The highest BCUT2D eigenvalue weighted by atomic mass is 19.3. The summed E-state index contributed by atoms with van der Waals surface area (Å²) in [7, 11) is 0. The van der Waals surface area contributed by atoms with Crippen molar-refractivity contribution in [1.82, 2.24) is 25.2 Å². The van der Waals surface area contributed by atoms with E-state index in [1.165, 1.54) is 24.0 Å². The maximum atomic E-state index is 14.6. The summed E-state index contributed by atoms with van der Waals surface area (Å²) in [6.45, 7) is -0.00612. The second-order valence-corrected chi connectivity index (χ2v) is 11.9. The summed E-state index contributed by atoms with van der Waals surface area (Å²) in [4.78, 5) is 39.1. The van der Waals surface area contributed by atoms with Crippen LogP contribution in [0.15, 0.2) is 12.1 Å². The maximum Gasteiger partial charge on any atom is 0.271 e. The van der Waals surface area contributed by atoms with Crippen LogP contribution in [0.1, 0.15) is 81.9 Å². The van der Waals surface area contributed by atoms with Crippen molar-refractivity contribution in [3.63, 3.8) is 0 Å². The fraction of sp³-hybridized carbons (Fsp3) is 0.643. The number of rotatable bonds is 7. The van der Waals surface area contributed by atoms with E-state index in [-0.39, 0.29) is 48.7 Å². The standard InChI is InChI=1S/C28H33F6N7O3/c1-14(35)20(36)24(42)39-21(15-4-7-26(29,30)8-5-15)23-38-17-3-2-16(37-22(17)40-23)18-12-27(31,32)10-11-41(18)25(43)19-6-9-28(33,34)13-44-19/h2-3,15,18-19,21,35-36H,4-13H2,1H3,(H,39,42)(H,37,38,40)/t18-,19-,21-/m0/s1. The highest BCUT2D eigenvalue weighted by molar-refractivity contribution is 6.64. The Morgan fingerprint density at radius 3 is 2.32 bits per heavy atom. The summed E-state index contributed by atoms with van der Waals surface area (Å²) in [5, 5.41) is 18.1. The summed E-state index contributed by atoms with van der Waals surface area (Å²) in [6.07, 6.45) is -4.09. The van der Waals surface area contributed by atoms with Crippen LogP contribution in [0.4, 0.5) is 26.3 Å². The van der Waals surface area contributed by atoms with Gasteiger partial charge < -0.3 is 25.3 Å². The van der Waals surface area contributed by atoms with E-state index in [0.29, 0.717) is 5.52 Å². The van der Waals surface area contributed by atoms with Gasteiger partial charge in [0.1, 0.15) is 24.2 Å². The smallest absolute Gasteiger partial charge is 0.271 e. The summed E-state index contributed by atoms with van der Waals surface area (Å²) >= 11 is 0. The third-order valence-corrected chi connectivity index (χ3v) is 8.56. The van der Waals surface area contributed by atoms with Crippen LogP contribution >= 0.6 is 0 Å². The number of hydrogen-bond donors (Lipinski definition) is 4. The average molecular weight is 630 g/mol. The zero-order chi connectivity index (χ0) is 32.0. The molecule has 4 heterocycles. The molecular formula is C28H33F6N7O3. The van der Waals surface area contributed by atoms with Crippen LogP contribution in [-0.2, 0) is 14.3 Å². The molecule has 4 N–H and O–H groups in total. The molecule has 3 aliphatic rings. The molecular weight excluding hydrogens is 596 g/mol. The number of hydrogen-bond acceptors (Lipinski definition) is 7. The molecule has 3 atom stereocenters. The van der Waals surface area contributed by atoms with E-state index in [2.05, 4.69) is 20.3 Å². The lowest BCUT2D eigenvalue weighted by Crippen LogP contribution is -2.51. The molecule has 0 aromatic carbocycles. The molecule has 0 unspecified atom stereocenters. The van der Waals surface area contributed by atoms with Gasteiger partial charge in [-0.05, 0) is 44.2 Å². The summed E-state index contributed by atoms with van der Waals surface area (Å²) in [5.41, 5.74) is -0.389. The number of aromatic nitrogens is 3. The van der Waals surface area contributed by atoms with Gasteiger partial charge in [-0.3, -0.25) is 15.0 Å². The number of aromatic amines is 1. The number of piperidine rings is 1. The van der Waals surface area contributed by atoms with Gasteiger partial charge in [-0.1, -0.05) is 0 Å². The van der Waals surface area contributed by atoms with Gasteiger partial charge in [0.05, 0.1) is 29.0 Å². The number of nitrogens with zero attached hydrogens (tertiary/aromatic N) is 3. The van der Waals surface area contributed by atoms with Crippen LogP contribution in [0.3, 0.4) is 0 Å². The fourth-order valence-corrected chi connectivity index (χ4v) is 6.01. The van der Waals surface area contributed by atoms with Crippen molar-refractivity contribution in [1.29, 1.82) is 10.8 Å². The number of nitrogens with one attached hydrogen (secondary N) is 4. The van der Waals surface area contributed by atoms with Gasteiger partial charge in [-0.2, -0.15) is 0 Å². The van der Waals surface area contributed by atoms with E-state index >= 15 is 0 Å². The second kappa shape index (κ2) is 11.7. The maximum absolute atomic E-state index is 14.6. The summed E-state index contributed by atoms with van der Waals surface area (Å²) < 4.78 is 89.3. The minimum atomic E-state index is -3.12. The minimum Gasteiger partial charge on any atom is -0.362 e. The molecule has 0 bridgehead atoms. The van der Waals surface area contributed by atoms with Crippen molar-refractivity contribution in [2.75, 3.05) is 13.2 Å². The minimum absolute atomic E-state index is 0.0496. The van der Waals surface area contributed by atoms with Crippen LogP contribution in [0.25, 0.3) is 11.2 Å². The van der Waals surface area contributed by atoms with Gasteiger partial charge in [0.2, 0.25) is 5.92 Å². The number of amides is 2. The zero-order valence-corrected chi connectivity index (χ0v) is 23.9. The Kier molecular flexibility index (Phi) is 8.50. The van der Waals surface area contributed by atoms with Crippen molar-refractivity contribution in [3.05, 3.63) is 23.7 Å². The van der Waals surface area contributed by atoms with Gasteiger partial charge >= 0.3 is 0 Å². The largest absolute Gasteiger partial charge is 0.362 e. The summed E-state index contributed by atoms with van der Waals surface area (Å²) in [5.74, 6) is -10.9. The average Bonchev–Trinajstić information content (AvgIpc) is 3.38. The predicted molar refractivity (Wildman–Crippen MR) is 145 cm³/mol. The lowest BCUT2D eigenvalue weighted by molar-refractivity contribution is -0.177. The molecule has 0 radical (unpaired) electrons. The van der Waals surface area contributed by atoms with Gasteiger partial charge in [0.15, 0.2) is 5.65 Å². The molecule has 2 saturated heterocycles. The Morgan fingerprint density at radius 2 is 1.68 bits per heavy atom. The third kappa shape index (κ3) is 6.89. The second-order valence-electron chi connectivity index (χ2n) is 11.9. The normalized spacial score (nSPS) is 25.8. The molecule has 16 heteroatoms. The molecule has 1 saturated carbocycles. The van der Waals surface area contributed by atoms with Crippen molar-refractivity contribution in [2.45, 2.75) is 94.2 Å². The van der Waals surface area contributed by atoms with Crippen LogP contribution in [0, 0.1) is 16.7 Å². The number of carbonyl (C=O) groups is 2. The van der Waals surface area contributed by atoms with E-state index < -0.39 is 98.1 Å². The molecule has 240 valence electrons. The Bertz CT molecular complexity index is 1440. The number of H-pyrrole nitrogens is 1. The van der Waals surface area contributed by atoms with Crippen molar-refractivity contribution < 1.29 is 40.7 Å². The van der Waals surface area contributed by atoms with E-state index in [4.69, 9.17) is 15.6 Å². The van der Waals surface area contributed by atoms with Gasteiger partial charge in [-0.15, -0.1) is 0 Å². The molecule has 2 aromatic rings. The fourth-order valence-electron chi connectivity index (χ4n) is 6.01.